The molecule has 1 atom stereocenters. The fourth-order valence-electron chi connectivity index (χ4n) is 6.76. The molecule has 0 aromatic heterocycles. The van der Waals surface area contributed by atoms with Gasteiger partial charge in [0.05, 0.1) is 19.6 Å². The quantitative estimate of drug-likeness (QED) is 0.0509. The summed E-state index contributed by atoms with van der Waals surface area (Å²) in [5, 5.41) is 10.0. The van der Waals surface area contributed by atoms with Gasteiger partial charge in [0.25, 0.3) is 0 Å². The molecule has 0 fully saturated rings. The Hall–Kier alpha value is -1.10. The smallest absolute Gasteiger partial charge is 0.335 e. The highest BCUT2D eigenvalue weighted by atomic mass is 16.6. The number of aliphatic hydroxyl groups is 1. The first-order valence-electron chi connectivity index (χ1n) is 22.1. The Morgan fingerprint density at radius 3 is 0.857 bits per heavy atom. The molecule has 49 heavy (non-hydrogen) atoms. The minimum Gasteiger partial charge on any atom is -0.466 e. The van der Waals surface area contributed by atoms with Crippen molar-refractivity contribution < 1.29 is 24.2 Å². The lowest BCUT2D eigenvalue weighted by atomic mass is 10.0. The van der Waals surface area contributed by atoms with Crippen LogP contribution < -0.4 is 0 Å². The van der Waals surface area contributed by atoms with Gasteiger partial charge in [0.2, 0.25) is 0 Å². The minimum atomic E-state index is -1.43. The number of esters is 2. The molecule has 1 unspecified atom stereocenters. The van der Waals surface area contributed by atoms with E-state index in [1.807, 2.05) is 0 Å². The van der Waals surface area contributed by atoms with Gasteiger partial charge in [0.15, 0.2) is 6.10 Å². The topological polar surface area (TPSA) is 72.8 Å². The molecule has 292 valence electrons. The van der Waals surface area contributed by atoms with Gasteiger partial charge in [-0.05, 0) is 12.8 Å². The van der Waals surface area contributed by atoms with E-state index in [9.17, 15) is 14.7 Å². The molecule has 0 spiro atoms. The third-order valence-electron chi connectivity index (χ3n) is 10.1. The van der Waals surface area contributed by atoms with Crippen LogP contribution in [-0.2, 0) is 19.1 Å². The van der Waals surface area contributed by atoms with Crippen molar-refractivity contribution in [3.05, 3.63) is 0 Å². The normalized spacial score (nSPS) is 12.0. The van der Waals surface area contributed by atoms with Crippen molar-refractivity contribution in [3.8, 4) is 0 Å². The van der Waals surface area contributed by atoms with Crippen molar-refractivity contribution in [1.29, 1.82) is 0 Å². The lowest BCUT2D eigenvalue weighted by Crippen LogP contribution is -2.27. The second kappa shape index (κ2) is 41.3. The fraction of sp³-hybridized carbons (Fsp3) is 0.955. The average Bonchev–Trinajstić information content (AvgIpc) is 3.10. The molecule has 0 saturated heterocycles. The molecule has 1 N–H and O–H groups in total. The summed E-state index contributed by atoms with van der Waals surface area (Å²) in [6, 6.07) is 0. The molecule has 5 heteroatoms. The predicted molar refractivity (Wildman–Crippen MR) is 210 cm³/mol. The van der Waals surface area contributed by atoms with Crippen LogP contribution in [0.1, 0.15) is 251 Å². The van der Waals surface area contributed by atoms with E-state index in [4.69, 9.17) is 9.47 Å². The van der Waals surface area contributed by atoms with Gasteiger partial charge in [0.1, 0.15) is 0 Å². The largest absolute Gasteiger partial charge is 0.466 e. The molecule has 0 aromatic rings. The number of ether oxygens (including phenoxy) is 2. The first-order chi connectivity index (χ1) is 24.1. The molecule has 0 saturated carbocycles. The summed E-state index contributed by atoms with van der Waals surface area (Å²) >= 11 is 0. The zero-order valence-electron chi connectivity index (χ0n) is 33.2. The van der Waals surface area contributed by atoms with Crippen LogP contribution >= 0.6 is 0 Å². The first-order valence-corrected chi connectivity index (χ1v) is 22.1. The maximum absolute atomic E-state index is 12.0. The number of carbonyl (C=O) groups is 2. The van der Waals surface area contributed by atoms with E-state index in [-0.39, 0.29) is 6.42 Å². The number of rotatable bonds is 41. The van der Waals surface area contributed by atoms with Crippen LogP contribution in [0.3, 0.4) is 0 Å². The second-order valence-corrected chi connectivity index (χ2v) is 15.1. The van der Waals surface area contributed by atoms with Gasteiger partial charge in [-0.25, -0.2) is 4.79 Å². The minimum absolute atomic E-state index is 0.309. The molecule has 5 nitrogen and oxygen atoms in total. The summed E-state index contributed by atoms with van der Waals surface area (Å²) in [4.78, 5) is 24.0. The number of unbranched alkanes of at least 4 members (excludes halogenated alkanes) is 34. The van der Waals surface area contributed by atoms with Crippen LogP contribution in [0.15, 0.2) is 0 Å². The zero-order chi connectivity index (χ0) is 35.7. The molecule has 0 amide bonds. The molecule has 0 aromatic carbocycles. The SMILES string of the molecule is CCCCCCCCCCCCCCCCCCCCOC(=O)CC(O)C(=O)OCCCCCCCCCCCCCCCCCCCC. The fourth-order valence-corrected chi connectivity index (χ4v) is 6.76. The van der Waals surface area contributed by atoms with Gasteiger partial charge in [-0.2, -0.15) is 0 Å². The molecule has 0 heterocycles. The highest BCUT2D eigenvalue weighted by Crippen LogP contribution is 2.16. The summed E-state index contributed by atoms with van der Waals surface area (Å²) < 4.78 is 10.4. The first kappa shape index (κ1) is 47.9. The average molecular weight is 695 g/mol. The van der Waals surface area contributed by atoms with Crippen LogP contribution in [0, 0.1) is 0 Å². The highest BCUT2D eigenvalue weighted by Gasteiger charge is 2.21. The van der Waals surface area contributed by atoms with Crippen LogP contribution in [0.25, 0.3) is 0 Å². The molecule has 0 bridgehead atoms. The monoisotopic (exact) mass is 695 g/mol. The van der Waals surface area contributed by atoms with Crippen molar-refractivity contribution in [3.63, 3.8) is 0 Å². The van der Waals surface area contributed by atoms with Crippen LogP contribution in [-0.4, -0.2) is 36.4 Å². The van der Waals surface area contributed by atoms with E-state index in [1.165, 1.54) is 199 Å². The zero-order valence-corrected chi connectivity index (χ0v) is 33.2. The van der Waals surface area contributed by atoms with E-state index >= 15 is 0 Å². The Bertz CT molecular complexity index is 666. The Labute approximate surface area is 306 Å². The van der Waals surface area contributed by atoms with Crippen LogP contribution in [0.2, 0.25) is 0 Å². The Kier molecular flexibility index (Phi) is 40.4. The molecular weight excluding hydrogens is 608 g/mol. The van der Waals surface area contributed by atoms with Crippen molar-refractivity contribution in [1.82, 2.24) is 0 Å². The highest BCUT2D eigenvalue weighted by molar-refractivity contribution is 5.81. The number of carbonyl (C=O) groups excluding carboxylic acids is 2. The Balaban J connectivity index is 3.36. The molecule has 0 aliphatic heterocycles. The number of hydrogen-bond donors (Lipinski definition) is 1. The summed E-state index contributed by atoms with van der Waals surface area (Å²) in [7, 11) is 0. The lowest BCUT2D eigenvalue weighted by Gasteiger charge is -2.11. The van der Waals surface area contributed by atoms with E-state index < -0.39 is 18.0 Å². The van der Waals surface area contributed by atoms with Crippen molar-refractivity contribution in [2.24, 2.45) is 0 Å². The van der Waals surface area contributed by atoms with E-state index in [0.717, 1.165) is 32.1 Å². The van der Waals surface area contributed by atoms with Crippen molar-refractivity contribution in [2.75, 3.05) is 13.2 Å². The van der Waals surface area contributed by atoms with E-state index in [2.05, 4.69) is 13.8 Å². The van der Waals surface area contributed by atoms with Crippen LogP contribution in [0.4, 0.5) is 0 Å². The number of aliphatic hydroxyl groups excluding tert-OH is 1. The van der Waals surface area contributed by atoms with Gasteiger partial charge in [-0.3, -0.25) is 4.79 Å². The third kappa shape index (κ3) is 39.5. The molecular formula is C44H86O5. The van der Waals surface area contributed by atoms with E-state index in [0.29, 0.717) is 13.2 Å². The van der Waals surface area contributed by atoms with Crippen LogP contribution in [0.5, 0.6) is 0 Å². The van der Waals surface area contributed by atoms with Gasteiger partial charge in [-0.1, -0.05) is 232 Å². The maximum Gasteiger partial charge on any atom is 0.335 e. The molecule has 0 rings (SSSR count). The van der Waals surface area contributed by atoms with Crippen molar-refractivity contribution >= 4 is 11.9 Å². The van der Waals surface area contributed by atoms with E-state index in [1.54, 1.807) is 0 Å². The Morgan fingerprint density at radius 1 is 0.367 bits per heavy atom. The van der Waals surface area contributed by atoms with Crippen molar-refractivity contribution in [2.45, 2.75) is 258 Å². The summed E-state index contributed by atoms with van der Waals surface area (Å²) in [5.74, 6) is -1.23. The number of hydrogen-bond acceptors (Lipinski definition) is 5. The standard InChI is InChI=1S/C44H86O5/c1-3-5-7-9-11-13-15-17-19-21-23-25-27-29-31-33-35-37-39-48-43(46)41-42(45)44(47)49-40-38-36-34-32-30-28-26-24-22-20-18-16-14-12-10-8-6-4-2/h42,45H,3-41H2,1-2H3. The lowest BCUT2D eigenvalue weighted by molar-refractivity contribution is -0.160. The summed E-state index contributed by atoms with van der Waals surface area (Å²) in [6.07, 6.45) is 45.7. The predicted octanol–water partition coefficient (Wildman–Crippen LogP) is 13.9. The van der Waals surface area contributed by atoms with Gasteiger partial charge < -0.3 is 14.6 Å². The molecule has 0 aliphatic carbocycles. The van der Waals surface area contributed by atoms with Gasteiger partial charge in [-0.15, -0.1) is 0 Å². The maximum atomic E-state index is 12.0. The molecule has 0 aliphatic rings. The summed E-state index contributed by atoms with van der Waals surface area (Å²) in [5.41, 5.74) is 0. The van der Waals surface area contributed by atoms with Gasteiger partial charge in [0, 0.05) is 0 Å². The Morgan fingerprint density at radius 2 is 0.592 bits per heavy atom. The molecule has 0 radical (unpaired) electrons. The van der Waals surface area contributed by atoms with Gasteiger partial charge >= 0.3 is 11.9 Å². The second-order valence-electron chi connectivity index (χ2n) is 15.1. The summed E-state index contributed by atoms with van der Waals surface area (Å²) in [6.45, 7) is 5.23. The third-order valence-corrected chi connectivity index (χ3v) is 10.1.